The first-order valence-electron chi connectivity index (χ1n) is 10.7. The first-order chi connectivity index (χ1) is 14.3. The summed E-state index contributed by atoms with van der Waals surface area (Å²) in [5, 5.41) is 2.93. The lowest BCUT2D eigenvalue weighted by atomic mass is 10.1. The van der Waals surface area contributed by atoms with Crippen molar-refractivity contribution in [3.05, 3.63) is 64.7 Å². The number of amides is 2. The van der Waals surface area contributed by atoms with Crippen molar-refractivity contribution in [1.82, 2.24) is 10.2 Å². The van der Waals surface area contributed by atoms with Crippen LogP contribution in [0.5, 0.6) is 5.75 Å². The highest BCUT2D eigenvalue weighted by atomic mass is 16.5. The molecule has 0 unspecified atom stereocenters. The molecule has 0 spiro atoms. The van der Waals surface area contributed by atoms with Gasteiger partial charge < -0.3 is 15.0 Å². The first kappa shape index (κ1) is 23.5. The van der Waals surface area contributed by atoms with E-state index in [4.69, 9.17) is 4.74 Å². The molecule has 0 aliphatic rings. The predicted octanol–water partition coefficient (Wildman–Crippen LogP) is 4.32. The van der Waals surface area contributed by atoms with Gasteiger partial charge in [0.1, 0.15) is 11.8 Å². The average molecular weight is 411 g/mol. The van der Waals surface area contributed by atoms with Crippen molar-refractivity contribution >= 4 is 11.8 Å². The molecule has 1 N–H and O–H groups in total. The zero-order chi connectivity index (χ0) is 22.1. The molecule has 2 amide bonds. The molecule has 1 atom stereocenters. The molecule has 0 radical (unpaired) electrons. The number of nitrogens with zero attached hydrogens (tertiary/aromatic N) is 1. The number of hydrogen-bond acceptors (Lipinski definition) is 3. The largest absolute Gasteiger partial charge is 0.483 e. The van der Waals surface area contributed by atoms with Gasteiger partial charge in [0, 0.05) is 13.1 Å². The molecule has 2 aromatic rings. The van der Waals surface area contributed by atoms with E-state index in [1.165, 1.54) is 0 Å². The van der Waals surface area contributed by atoms with Crippen LogP contribution in [-0.2, 0) is 16.1 Å². The zero-order valence-electron chi connectivity index (χ0n) is 18.8. The number of carbonyl (C=O) groups excluding carboxylic acids is 2. The fourth-order valence-corrected chi connectivity index (χ4v) is 3.26. The molecule has 5 heteroatoms. The topological polar surface area (TPSA) is 58.6 Å². The Morgan fingerprint density at radius 1 is 1.00 bits per heavy atom. The van der Waals surface area contributed by atoms with E-state index in [2.05, 4.69) is 5.32 Å². The summed E-state index contributed by atoms with van der Waals surface area (Å²) in [4.78, 5) is 27.6. The number of aryl methyl sites for hydroxylation is 3. The molecular weight excluding hydrogens is 376 g/mol. The number of hydrogen-bond donors (Lipinski definition) is 1. The van der Waals surface area contributed by atoms with Crippen molar-refractivity contribution in [3.63, 3.8) is 0 Å². The van der Waals surface area contributed by atoms with Crippen molar-refractivity contribution in [2.75, 3.05) is 13.2 Å². The molecule has 0 heterocycles. The van der Waals surface area contributed by atoms with Gasteiger partial charge in [0.25, 0.3) is 5.91 Å². The van der Waals surface area contributed by atoms with Crippen LogP contribution in [0.3, 0.4) is 0 Å². The van der Waals surface area contributed by atoms with Crippen LogP contribution in [0.2, 0.25) is 0 Å². The standard InChI is InChI=1S/C25H34N2O3/c1-6-14-26-25(29)22(7-2)27(16-21-12-9-18(3)10-13-21)24(28)17-30-23-15-19(4)8-11-20(23)5/h8-13,15,22H,6-7,14,16-17H2,1-5H3,(H,26,29)/t22-/m0/s1. The zero-order valence-corrected chi connectivity index (χ0v) is 18.8. The molecule has 162 valence electrons. The Bertz CT molecular complexity index is 846. The van der Waals surface area contributed by atoms with Crippen LogP contribution in [0, 0.1) is 20.8 Å². The predicted molar refractivity (Wildman–Crippen MR) is 121 cm³/mol. The highest BCUT2D eigenvalue weighted by Gasteiger charge is 2.28. The van der Waals surface area contributed by atoms with Crippen LogP contribution in [-0.4, -0.2) is 35.9 Å². The van der Waals surface area contributed by atoms with E-state index in [0.29, 0.717) is 25.3 Å². The molecule has 0 aliphatic carbocycles. The molecule has 0 aliphatic heterocycles. The van der Waals surface area contributed by atoms with Gasteiger partial charge in [-0.3, -0.25) is 9.59 Å². The number of rotatable bonds is 10. The van der Waals surface area contributed by atoms with Crippen LogP contribution in [0.4, 0.5) is 0 Å². The van der Waals surface area contributed by atoms with Crippen LogP contribution < -0.4 is 10.1 Å². The highest BCUT2D eigenvalue weighted by molar-refractivity contribution is 5.88. The van der Waals surface area contributed by atoms with Gasteiger partial charge in [-0.1, -0.05) is 55.8 Å². The van der Waals surface area contributed by atoms with E-state index in [1.807, 2.05) is 77.1 Å². The maximum Gasteiger partial charge on any atom is 0.261 e. The Kier molecular flexibility index (Phi) is 8.90. The van der Waals surface area contributed by atoms with Gasteiger partial charge in [-0.25, -0.2) is 0 Å². The molecular formula is C25H34N2O3. The van der Waals surface area contributed by atoms with E-state index < -0.39 is 6.04 Å². The van der Waals surface area contributed by atoms with Crippen molar-refractivity contribution < 1.29 is 14.3 Å². The van der Waals surface area contributed by atoms with E-state index in [9.17, 15) is 9.59 Å². The van der Waals surface area contributed by atoms with Gasteiger partial charge in [-0.05, 0) is 56.4 Å². The van der Waals surface area contributed by atoms with Crippen molar-refractivity contribution in [2.45, 2.75) is 60.0 Å². The smallest absolute Gasteiger partial charge is 0.261 e. The second-order valence-corrected chi connectivity index (χ2v) is 7.78. The Morgan fingerprint density at radius 2 is 1.67 bits per heavy atom. The molecule has 0 saturated heterocycles. The normalized spacial score (nSPS) is 11.6. The Hall–Kier alpha value is -2.82. The van der Waals surface area contributed by atoms with Gasteiger partial charge in [0.05, 0.1) is 0 Å². The SMILES string of the molecule is CCCNC(=O)[C@H](CC)N(Cc1ccc(C)cc1)C(=O)COc1cc(C)ccc1C. The van der Waals surface area contributed by atoms with Gasteiger partial charge in [0.2, 0.25) is 5.91 Å². The Labute approximate surface area is 180 Å². The number of benzene rings is 2. The number of carbonyl (C=O) groups is 2. The molecule has 5 nitrogen and oxygen atoms in total. The maximum atomic E-state index is 13.2. The Balaban J connectivity index is 2.21. The van der Waals surface area contributed by atoms with E-state index >= 15 is 0 Å². The molecule has 0 bridgehead atoms. The molecule has 2 rings (SSSR count). The summed E-state index contributed by atoms with van der Waals surface area (Å²) in [6, 6.07) is 13.4. The summed E-state index contributed by atoms with van der Waals surface area (Å²) in [6.07, 6.45) is 1.39. The quantitative estimate of drug-likeness (QED) is 0.634. The van der Waals surface area contributed by atoms with Gasteiger partial charge in [-0.15, -0.1) is 0 Å². The van der Waals surface area contributed by atoms with E-state index in [1.54, 1.807) is 4.90 Å². The minimum atomic E-state index is -0.535. The molecule has 30 heavy (non-hydrogen) atoms. The second kappa shape index (κ2) is 11.4. The van der Waals surface area contributed by atoms with Crippen LogP contribution in [0.1, 0.15) is 48.9 Å². The number of ether oxygens (including phenoxy) is 1. The third-order valence-electron chi connectivity index (χ3n) is 5.10. The summed E-state index contributed by atoms with van der Waals surface area (Å²) in [5.74, 6) is 0.378. The van der Waals surface area contributed by atoms with E-state index in [-0.39, 0.29) is 18.4 Å². The first-order valence-corrected chi connectivity index (χ1v) is 10.7. The lowest BCUT2D eigenvalue weighted by Gasteiger charge is -2.30. The third kappa shape index (κ3) is 6.61. The summed E-state index contributed by atoms with van der Waals surface area (Å²) >= 11 is 0. The Morgan fingerprint density at radius 3 is 2.30 bits per heavy atom. The lowest BCUT2D eigenvalue weighted by molar-refractivity contribution is -0.143. The summed E-state index contributed by atoms with van der Waals surface area (Å²) in [7, 11) is 0. The van der Waals surface area contributed by atoms with Gasteiger partial charge in [-0.2, -0.15) is 0 Å². The lowest BCUT2D eigenvalue weighted by Crippen LogP contribution is -2.50. The van der Waals surface area contributed by atoms with Gasteiger partial charge >= 0.3 is 0 Å². The molecule has 0 fully saturated rings. The van der Waals surface area contributed by atoms with Gasteiger partial charge in [0.15, 0.2) is 6.61 Å². The fourth-order valence-electron chi connectivity index (χ4n) is 3.26. The monoisotopic (exact) mass is 410 g/mol. The van der Waals surface area contributed by atoms with Crippen LogP contribution >= 0.6 is 0 Å². The highest BCUT2D eigenvalue weighted by Crippen LogP contribution is 2.20. The second-order valence-electron chi connectivity index (χ2n) is 7.78. The van der Waals surface area contributed by atoms with E-state index in [0.717, 1.165) is 28.7 Å². The number of nitrogens with one attached hydrogen (secondary N) is 1. The van der Waals surface area contributed by atoms with Crippen LogP contribution in [0.25, 0.3) is 0 Å². The maximum absolute atomic E-state index is 13.2. The van der Waals surface area contributed by atoms with Crippen LogP contribution in [0.15, 0.2) is 42.5 Å². The fraction of sp³-hybridized carbons (Fsp3) is 0.440. The summed E-state index contributed by atoms with van der Waals surface area (Å²) < 4.78 is 5.85. The van der Waals surface area contributed by atoms with Crippen molar-refractivity contribution in [1.29, 1.82) is 0 Å². The molecule has 0 saturated carbocycles. The molecule has 0 aromatic heterocycles. The minimum Gasteiger partial charge on any atom is -0.483 e. The average Bonchev–Trinajstić information content (AvgIpc) is 2.73. The minimum absolute atomic E-state index is 0.103. The third-order valence-corrected chi connectivity index (χ3v) is 5.10. The summed E-state index contributed by atoms with van der Waals surface area (Å²) in [6.45, 7) is 10.8. The summed E-state index contributed by atoms with van der Waals surface area (Å²) in [5.41, 5.74) is 4.20. The van der Waals surface area contributed by atoms with Crippen molar-refractivity contribution in [3.8, 4) is 5.75 Å². The van der Waals surface area contributed by atoms with Crippen molar-refractivity contribution in [2.24, 2.45) is 0 Å². The molecule has 2 aromatic carbocycles.